The van der Waals surface area contributed by atoms with Crippen LogP contribution in [0.15, 0.2) is 53.9 Å². The lowest BCUT2D eigenvalue weighted by Gasteiger charge is -2.11. The van der Waals surface area contributed by atoms with E-state index in [4.69, 9.17) is 10.1 Å². The smallest absolute Gasteiger partial charge is 0.342 e. The molecule has 0 amide bonds. The molecule has 0 saturated heterocycles. The van der Waals surface area contributed by atoms with Crippen molar-refractivity contribution in [3.05, 3.63) is 75.5 Å². The molecule has 0 saturated carbocycles. The molecular weight excluding hydrogens is 338 g/mol. The Morgan fingerprint density at radius 1 is 1.20 bits per heavy atom. The van der Waals surface area contributed by atoms with E-state index < -0.39 is 5.97 Å². The maximum absolute atomic E-state index is 12.7. The van der Waals surface area contributed by atoms with Gasteiger partial charge in [-0.2, -0.15) is 5.10 Å². The summed E-state index contributed by atoms with van der Waals surface area (Å²) >= 11 is 1.29. The number of benzene rings is 1. The van der Waals surface area contributed by atoms with Crippen LogP contribution >= 0.6 is 11.3 Å². The number of aromatic nitrogens is 2. The minimum Gasteiger partial charge on any atom is -0.462 e. The average Bonchev–Trinajstić information content (AvgIpc) is 3.17. The second kappa shape index (κ2) is 7.23. The predicted molar refractivity (Wildman–Crippen MR) is 93.1 cm³/mol. The Morgan fingerprint density at radius 2 is 1.96 bits per heavy atom. The fourth-order valence-corrected chi connectivity index (χ4v) is 2.94. The third kappa shape index (κ3) is 3.41. The number of ether oxygens (including phenoxy) is 1. The number of carbonyl (C=O) groups excluding carboxylic acids is 2. The lowest BCUT2D eigenvalue weighted by molar-refractivity contribution is 0.0522. The molecule has 1 aromatic carbocycles. The Morgan fingerprint density at radius 3 is 2.60 bits per heavy atom. The van der Waals surface area contributed by atoms with E-state index in [-0.39, 0.29) is 29.1 Å². The molecule has 0 aliphatic heterocycles. The van der Waals surface area contributed by atoms with Crippen molar-refractivity contribution in [3.8, 4) is 5.69 Å². The van der Waals surface area contributed by atoms with Crippen LogP contribution in [-0.2, 0) is 4.74 Å². The highest BCUT2D eigenvalue weighted by Crippen LogP contribution is 2.15. The van der Waals surface area contributed by atoms with E-state index in [2.05, 4.69) is 5.10 Å². The van der Waals surface area contributed by atoms with Crippen molar-refractivity contribution in [2.24, 2.45) is 0 Å². The van der Waals surface area contributed by atoms with Crippen molar-refractivity contribution in [1.29, 1.82) is 5.41 Å². The molecule has 1 N–H and O–H groups in total. The molecule has 0 atom stereocenters. The fraction of sp³-hybridized carbons (Fsp3) is 0.111. The standard InChI is InChI=1S/C18H15N3O3S/c1-2-24-18(23)13-11-14(16(22)15-9-6-10-25-15)20-21(17(13)19)12-7-4-3-5-8-12/h3-11,19H,2H2,1H3. The average molecular weight is 353 g/mol. The van der Waals surface area contributed by atoms with Gasteiger partial charge >= 0.3 is 5.97 Å². The van der Waals surface area contributed by atoms with E-state index in [0.717, 1.165) is 0 Å². The Bertz CT molecular complexity index is 963. The first-order valence-corrected chi connectivity index (χ1v) is 8.49. The van der Waals surface area contributed by atoms with E-state index in [1.54, 1.807) is 48.7 Å². The minimum atomic E-state index is -0.653. The van der Waals surface area contributed by atoms with Gasteiger partial charge in [0.15, 0.2) is 5.49 Å². The van der Waals surface area contributed by atoms with Crippen LogP contribution in [0, 0.1) is 5.41 Å². The van der Waals surface area contributed by atoms with Crippen LogP contribution in [-0.4, -0.2) is 28.1 Å². The van der Waals surface area contributed by atoms with E-state index in [1.807, 2.05) is 6.07 Å². The number of para-hydroxylation sites is 1. The number of carbonyl (C=O) groups is 2. The second-order valence-electron chi connectivity index (χ2n) is 5.07. The van der Waals surface area contributed by atoms with Gasteiger partial charge in [0.05, 0.1) is 17.2 Å². The quantitative estimate of drug-likeness (QED) is 0.564. The summed E-state index contributed by atoms with van der Waals surface area (Å²) in [5.41, 5.74) is 0.539. The molecule has 0 fully saturated rings. The molecule has 2 aromatic heterocycles. The van der Waals surface area contributed by atoms with Gasteiger partial charge < -0.3 is 4.74 Å². The zero-order valence-electron chi connectivity index (χ0n) is 13.4. The third-order valence-corrected chi connectivity index (χ3v) is 4.30. The summed E-state index contributed by atoms with van der Waals surface area (Å²) in [6.07, 6.45) is 0. The molecule has 0 unspecified atom stereocenters. The number of ketones is 1. The Labute approximate surface area is 147 Å². The highest BCUT2D eigenvalue weighted by Gasteiger charge is 2.20. The molecule has 0 spiro atoms. The molecule has 0 radical (unpaired) electrons. The summed E-state index contributed by atoms with van der Waals surface area (Å²) in [4.78, 5) is 25.4. The highest BCUT2D eigenvalue weighted by molar-refractivity contribution is 7.12. The summed E-state index contributed by atoms with van der Waals surface area (Å²) in [6, 6.07) is 13.7. The first kappa shape index (κ1) is 16.8. The van der Waals surface area contributed by atoms with Gasteiger partial charge in [0.2, 0.25) is 5.78 Å². The van der Waals surface area contributed by atoms with Crippen LogP contribution in [0.2, 0.25) is 0 Å². The van der Waals surface area contributed by atoms with Gasteiger partial charge in [0.25, 0.3) is 0 Å². The molecule has 0 aliphatic carbocycles. The second-order valence-corrected chi connectivity index (χ2v) is 6.01. The maximum Gasteiger partial charge on any atom is 0.342 e. The number of nitrogens with zero attached hydrogens (tertiary/aromatic N) is 2. The first-order chi connectivity index (χ1) is 12.1. The predicted octanol–water partition coefficient (Wildman–Crippen LogP) is 2.82. The van der Waals surface area contributed by atoms with Crippen LogP contribution in [0.1, 0.15) is 32.6 Å². The number of nitrogens with one attached hydrogen (secondary N) is 1. The lowest BCUT2D eigenvalue weighted by atomic mass is 10.1. The van der Waals surface area contributed by atoms with Crippen LogP contribution in [0.3, 0.4) is 0 Å². The maximum atomic E-state index is 12.7. The summed E-state index contributed by atoms with van der Waals surface area (Å²) in [7, 11) is 0. The summed E-state index contributed by atoms with van der Waals surface area (Å²) in [6.45, 7) is 1.87. The number of hydrogen-bond acceptors (Lipinski definition) is 6. The summed E-state index contributed by atoms with van der Waals surface area (Å²) in [5.74, 6) is -0.954. The van der Waals surface area contributed by atoms with E-state index in [1.165, 1.54) is 22.1 Å². The van der Waals surface area contributed by atoms with Crippen molar-refractivity contribution < 1.29 is 14.3 Å². The van der Waals surface area contributed by atoms with Crippen molar-refractivity contribution in [3.63, 3.8) is 0 Å². The van der Waals surface area contributed by atoms with Gasteiger partial charge in [-0.25, -0.2) is 9.48 Å². The van der Waals surface area contributed by atoms with Crippen molar-refractivity contribution >= 4 is 23.1 Å². The number of esters is 1. The largest absolute Gasteiger partial charge is 0.462 e. The molecule has 25 heavy (non-hydrogen) atoms. The molecule has 2 heterocycles. The SMILES string of the molecule is CCOC(=O)c1cc(C(=O)c2cccs2)nn(-c2ccccc2)c1=N. The van der Waals surface area contributed by atoms with Gasteiger partial charge in [0, 0.05) is 0 Å². The zero-order chi connectivity index (χ0) is 17.8. The zero-order valence-corrected chi connectivity index (χ0v) is 14.2. The van der Waals surface area contributed by atoms with Crippen LogP contribution in [0.25, 0.3) is 5.69 Å². The summed E-state index contributed by atoms with van der Waals surface area (Å²) in [5, 5.41) is 14.4. The van der Waals surface area contributed by atoms with Crippen LogP contribution in [0.5, 0.6) is 0 Å². The Balaban J connectivity index is 2.19. The molecule has 126 valence electrons. The minimum absolute atomic E-state index is 0.000564. The number of rotatable bonds is 5. The molecule has 0 bridgehead atoms. The van der Waals surface area contributed by atoms with E-state index in [9.17, 15) is 9.59 Å². The van der Waals surface area contributed by atoms with Crippen molar-refractivity contribution in [1.82, 2.24) is 9.78 Å². The van der Waals surface area contributed by atoms with E-state index >= 15 is 0 Å². The monoisotopic (exact) mass is 353 g/mol. The number of thiophene rings is 1. The van der Waals surface area contributed by atoms with Crippen molar-refractivity contribution in [2.45, 2.75) is 6.92 Å². The number of hydrogen-bond donors (Lipinski definition) is 1. The molecule has 3 aromatic rings. The summed E-state index contributed by atoms with van der Waals surface area (Å²) < 4.78 is 6.29. The lowest BCUT2D eigenvalue weighted by Crippen LogP contribution is -2.30. The highest BCUT2D eigenvalue weighted by atomic mass is 32.1. The topological polar surface area (TPSA) is 85.0 Å². The van der Waals surface area contributed by atoms with Gasteiger partial charge in [0.1, 0.15) is 11.3 Å². The van der Waals surface area contributed by atoms with Crippen LogP contribution < -0.4 is 5.49 Å². The normalized spacial score (nSPS) is 10.4. The van der Waals surface area contributed by atoms with Crippen molar-refractivity contribution in [2.75, 3.05) is 6.61 Å². The van der Waals surface area contributed by atoms with Gasteiger partial charge in [-0.1, -0.05) is 24.3 Å². The first-order valence-electron chi connectivity index (χ1n) is 7.61. The van der Waals surface area contributed by atoms with Gasteiger partial charge in [-0.3, -0.25) is 10.2 Å². The molecular formula is C18H15N3O3S. The third-order valence-electron chi connectivity index (χ3n) is 3.43. The van der Waals surface area contributed by atoms with Gasteiger partial charge in [-0.05, 0) is 36.6 Å². The molecule has 0 aliphatic rings. The van der Waals surface area contributed by atoms with Gasteiger partial charge in [-0.15, -0.1) is 11.3 Å². The molecule has 7 heteroatoms. The Hall–Kier alpha value is -3.06. The molecule has 6 nitrogen and oxygen atoms in total. The van der Waals surface area contributed by atoms with E-state index in [0.29, 0.717) is 10.6 Å². The Kier molecular flexibility index (Phi) is 4.85. The molecule has 3 rings (SSSR count). The van der Waals surface area contributed by atoms with Crippen LogP contribution in [0.4, 0.5) is 0 Å². The fourth-order valence-electron chi connectivity index (χ4n) is 2.27.